The number of halogens is 3. The van der Waals surface area contributed by atoms with Gasteiger partial charge in [-0.25, -0.2) is 13.2 Å². The molecule has 2 N–H and O–H groups in total. The quantitative estimate of drug-likeness (QED) is 0.735. The number of hydrogen-bond donors (Lipinski definition) is 2. The fourth-order valence-electron chi connectivity index (χ4n) is 1.42. The molecule has 1 aliphatic rings. The number of rotatable bonds is 2. The van der Waals surface area contributed by atoms with Gasteiger partial charge in [0.2, 0.25) is 0 Å². The van der Waals surface area contributed by atoms with Gasteiger partial charge in [-0.1, -0.05) is 0 Å². The number of nitrogens with one attached hydrogen (secondary N) is 1. The molecule has 2 atom stereocenters. The van der Waals surface area contributed by atoms with Crippen molar-refractivity contribution in [3.63, 3.8) is 0 Å². The summed E-state index contributed by atoms with van der Waals surface area (Å²) in [4.78, 5) is 9.59. The molecule has 0 saturated carbocycles. The van der Waals surface area contributed by atoms with Gasteiger partial charge in [-0.2, -0.15) is 13.2 Å². The van der Waals surface area contributed by atoms with Crippen LogP contribution in [0, 0.1) is 5.92 Å². The second-order valence-electron chi connectivity index (χ2n) is 3.32. The third-order valence-corrected chi connectivity index (χ3v) is 3.32. The van der Waals surface area contributed by atoms with E-state index in [1.54, 1.807) is 0 Å². The predicted octanol–water partition coefficient (Wildman–Crippen LogP) is 0.107. The first-order valence-corrected chi connectivity index (χ1v) is 5.90. The molecule has 9 heteroatoms. The number of carboxylic acid groups (broad SMARTS) is 1. The second-order valence-corrected chi connectivity index (χ2v) is 5.34. The molecule has 0 aromatic rings. The van der Waals surface area contributed by atoms with Crippen LogP contribution in [-0.4, -0.2) is 38.0 Å². The van der Waals surface area contributed by atoms with E-state index in [-0.39, 0.29) is 0 Å². The maximum atomic E-state index is 12.5. The van der Waals surface area contributed by atoms with E-state index in [0.29, 0.717) is 12.5 Å². The molecule has 0 aliphatic carbocycles. The van der Waals surface area contributed by atoms with E-state index in [2.05, 4.69) is 0 Å². The maximum absolute atomic E-state index is 12.5. The van der Waals surface area contributed by atoms with E-state index in [1.165, 1.54) is 0 Å². The van der Waals surface area contributed by atoms with Gasteiger partial charge in [0.15, 0.2) is 9.84 Å². The third-order valence-electron chi connectivity index (χ3n) is 2.09. The van der Waals surface area contributed by atoms with Gasteiger partial charge in [0, 0.05) is 12.5 Å². The van der Waals surface area contributed by atoms with Gasteiger partial charge in [0.1, 0.15) is 12.0 Å². The minimum absolute atomic E-state index is 0.590. The Morgan fingerprint density at radius 1 is 1.50 bits per heavy atom. The molecule has 0 spiro atoms. The SMILES string of the molecule is CS(=O)(=O)C1=CNC(C(=O)O)C1C(F)(F)F. The highest BCUT2D eigenvalue weighted by Gasteiger charge is 2.54. The van der Waals surface area contributed by atoms with Crippen LogP contribution in [0.3, 0.4) is 0 Å². The van der Waals surface area contributed by atoms with E-state index in [1.807, 2.05) is 5.32 Å². The predicted molar refractivity (Wildman–Crippen MR) is 47.0 cm³/mol. The smallest absolute Gasteiger partial charge is 0.399 e. The van der Waals surface area contributed by atoms with Crippen molar-refractivity contribution in [2.24, 2.45) is 5.92 Å². The summed E-state index contributed by atoms with van der Waals surface area (Å²) >= 11 is 0. The molecule has 16 heavy (non-hydrogen) atoms. The lowest BCUT2D eigenvalue weighted by Crippen LogP contribution is -2.43. The Morgan fingerprint density at radius 3 is 2.31 bits per heavy atom. The summed E-state index contributed by atoms with van der Waals surface area (Å²) in [6.45, 7) is 0. The van der Waals surface area contributed by atoms with Crippen molar-refractivity contribution in [1.82, 2.24) is 5.32 Å². The zero-order valence-electron chi connectivity index (χ0n) is 7.95. The molecule has 1 rings (SSSR count). The monoisotopic (exact) mass is 259 g/mol. The summed E-state index contributed by atoms with van der Waals surface area (Å²) in [5.41, 5.74) is 0. The van der Waals surface area contributed by atoms with Gasteiger partial charge in [-0.05, 0) is 0 Å². The minimum atomic E-state index is -4.93. The molecule has 2 unspecified atom stereocenters. The molecule has 92 valence electrons. The highest BCUT2D eigenvalue weighted by Crippen LogP contribution is 2.39. The Balaban J connectivity index is 3.20. The maximum Gasteiger partial charge on any atom is 0.399 e. The first kappa shape index (κ1) is 12.8. The van der Waals surface area contributed by atoms with Crippen LogP contribution in [0.15, 0.2) is 11.1 Å². The Kier molecular flexibility index (Phi) is 2.92. The lowest BCUT2D eigenvalue weighted by molar-refractivity contribution is -0.176. The highest BCUT2D eigenvalue weighted by atomic mass is 32.2. The highest BCUT2D eigenvalue weighted by molar-refractivity contribution is 7.94. The van der Waals surface area contributed by atoms with Crippen LogP contribution < -0.4 is 5.32 Å². The van der Waals surface area contributed by atoms with E-state index in [9.17, 15) is 26.4 Å². The summed E-state index contributed by atoms with van der Waals surface area (Å²) in [7, 11) is -4.09. The van der Waals surface area contributed by atoms with Crippen molar-refractivity contribution in [1.29, 1.82) is 0 Å². The van der Waals surface area contributed by atoms with Gasteiger partial charge >= 0.3 is 12.1 Å². The third kappa shape index (κ3) is 2.29. The average Bonchev–Trinajstić information content (AvgIpc) is 2.43. The van der Waals surface area contributed by atoms with Crippen LogP contribution in [-0.2, 0) is 14.6 Å². The van der Waals surface area contributed by atoms with Crippen LogP contribution in [0.2, 0.25) is 0 Å². The van der Waals surface area contributed by atoms with Crippen LogP contribution in [0.4, 0.5) is 13.2 Å². The Morgan fingerprint density at radius 2 is 2.00 bits per heavy atom. The van der Waals surface area contributed by atoms with Gasteiger partial charge < -0.3 is 10.4 Å². The molecule has 0 fully saturated rings. The van der Waals surface area contributed by atoms with Crippen molar-refractivity contribution in [2.45, 2.75) is 12.2 Å². The molecule has 0 aromatic heterocycles. The van der Waals surface area contributed by atoms with E-state index in [0.717, 1.165) is 0 Å². The van der Waals surface area contributed by atoms with Crippen molar-refractivity contribution < 1.29 is 31.5 Å². The molecule has 0 bridgehead atoms. The molecule has 1 aliphatic heterocycles. The largest absolute Gasteiger partial charge is 0.480 e. The number of sulfone groups is 1. The van der Waals surface area contributed by atoms with Crippen LogP contribution in [0.25, 0.3) is 0 Å². The van der Waals surface area contributed by atoms with E-state index in [4.69, 9.17) is 5.11 Å². The molecule has 5 nitrogen and oxygen atoms in total. The topological polar surface area (TPSA) is 83.5 Å². The van der Waals surface area contributed by atoms with Crippen LogP contribution >= 0.6 is 0 Å². The molecular weight excluding hydrogens is 251 g/mol. The number of alkyl halides is 3. The summed E-state index contributed by atoms with van der Waals surface area (Å²) in [5.74, 6) is -4.29. The molecule has 0 aromatic carbocycles. The zero-order valence-corrected chi connectivity index (χ0v) is 8.76. The molecular formula is C7H8F3NO4S. The first-order valence-electron chi connectivity index (χ1n) is 4.01. The summed E-state index contributed by atoms with van der Waals surface area (Å²) in [5, 5.41) is 10.4. The van der Waals surface area contributed by atoms with Crippen molar-refractivity contribution in [3.8, 4) is 0 Å². The Hall–Kier alpha value is -1.25. The zero-order chi connectivity index (χ0) is 12.7. The minimum Gasteiger partial charge on any atom is -0.480 e. The number of aliphatic carboxylic acids is 1. The van der Waals surface area contributed by atoms with Crippen molar-refractivity contribution in [2.75, 3.05) is 6.26 Å². The Bertz CT molecular complexity index is 439. The second kappa shape index (κ2) is 3.65. The van der Waals surface area contributed by atoms with Crippen molar-refractivity contribution in [3.05, 3.63) is 11.1 Å². The van der Waals surface area contributed by atoms with E-state index >= 15 is 0 Å². The van der Waals surface area contributed by atoms with Gasteiger partial charge in [-0.3, -0.25) is 0 Å². The lowest BCUT2D eigenvalue weighted by Gasteiger charge is -2.21. The van der Waals surface area contributed by atoms with Gasteiger partial charge in [0.25, 0.3) is 0 Å². The standard InChI is InChI=1S/C7H8F3NO4S/c1-16(14,15)3-2-11-5(6(12)13)4(3)7(8,9)10/h2,4-5,11H,1H3,(H,12,13). The number of hydrogen-bond acceptors (Lipinski definition) is 4. The first-order chi connectivity index (χ1) is 7.05. The molecule has 0 amide bonds. The van der Waals surface area contributed by atoms with Gasteiger partial charge in [0.05, 0.1) is 4.91 Å². The van der Waals surface area contributed by atoms with Gasteiger partial charge in [-0.15, -0.1) is 0 Å². The summed E-state index contributed by atoms with van der Waals surface area (Å²) in [6, 6.07) is -2.00. The molecule has 0 saturated heterocycles. The van der Waals surface area contributed by atoms with Crippen LogP contribution in [0.5, 0.6) is 0 Å². The summed E-state index contributed by atoms with van der Waals surface area (Å²) in [6.07, 6.45) is -3.74. The van der Waals surface area contributed by atoms with Crippen LogP contribution in [0.1, 0.15) is 0 Å². The molecule has 1 heterocycles. The fourth-order valence-corrected chi connectivity index (χ4v) is 2.44. The van der Waals surface area contributed by atoms with E-state index < -0.39 is 38.8 Å². The average molecular weight is 259 g/mol. The molecule has 0 radical (unpaired) electrons. The summed E-state index contributed by atoms with van der Waals surface area (Å²) < 4.78 is 59.7. The normalized spacial score (nSPS) is 26.1. The fraction of sp³-hybridized carbons (Fsp3) is 0.571. The number of carboxylic acids is 1. The number of carbonyl (C=O) groups is 1. The lowest BCUT2D eigenvalue weighted by atomic mass is 10.0. The Labute approximate surface area is 88.9 Å². The van der Waals surface area contributed by atoms with Crippen molar-refractivity contribution >= 4 is 15.8 Å².